The van der Waals surface area contributed by atoms with Crippen LogP contribution in [0, 0.1) is 6.92 Å². The summed E-state index contributed by atoms with van der Waals surface area (Å²) in [4.78, 5) is 7.73. The minimum atomic E-state index is -3.47. The minimum absolute atomic E-state index is 0.165. The SMILES string of the molecule is Cc1cnc(S(=O)(=O)C2CCCNC2)nc1Cl. The normalized spacial score (nSPS) is 21.4. The van der Waals surface area contributed by atoms with Crippen molar-refractivity contribution in [2.24, 2.45) is 0 Å². The molecule has 7 heteroatoms. The third kappa shape index (κ3) is 2.59. The highest BCUT2D eigenvalue weighted by Crippen LogP contribution is 2.20. The van der Waals surface area contributed by atoms with Gasteiger partial charge in [-0.05, 0) is 26.3 Å². The molecule has 1 aliphatic heterocycles. The second kappa shape index (κ2) is 4.88. The molecular formula is C10H14ClN3O2S. The van der Waals surface area contributed by atoms with E-state index in [-0.39, 0.29) is 10.3 Å². The lowest BCUT2D eigenvalue weighted by molar-refractivity contribution is 0.493. The molecule has 1 N–H and O–H groups in total. The number of aryl methyl sites for hydroxylation is 1. The van der Waals surface area contributed by atoms with E-state index in [1.165, 1.54) is 6.20 Å². The van der Waals surface area contributed by atoms with Crippen molar-refractivity contribution < 1.29 is 8.42 Å². The van der Waals surface area contributed by atoms with Crippen LogP contribution in [0.25, 0.3) is 0 Å². The number of hydrogen-bond donors (Lipinski definition) is 1. The topological polar surface area (TPSA) is 72.0 Å². The lowest BCUT2D eigenvalue weighted by Gasteiger charge is -2.21. The first-order chi connectivity index (χ1) is 8.01. The van der Waals surface area contributed by atoms with Crippen LogP contribution in [0.1, 0.15) is 18.4 Å². The van der Waals surface area contributed by atoms with Crippen LogP contribution in [-0.2, 0) is 9.84 Å². The fourth-order valence-electron chi connectivity index (χ4n) is 1.78. The summed E-state index contributed by atoms with van der Waals surface area (Å²) in [5.74, 6) is 0. The third-order valence-corrected chi connectivity index (χ3v) is 5.20. The molecule has 2 heterocycles. The Bertz CT molecular complexity index is 512. The Morgan fingerprint density at radius 2 is 2.29 bits per heavy atom. The molecule has 17 heavy (non-hydrogen) atoms. The maximum atomic E-state index is 12.2. The largest absolute Gasteiger partial charge is 0.315 e. The smallest absolute Gasteiger partial charge is 0.248 e. The van der Waals surface area contributed by atoms with Crippen LogP contribution < -0.4 is 5.32 Å². The van der Waals surface area contributed by atoms with Crippen molar-refractivity contribution in [1.29, 1.82) is 0 Å². The van der Waals surface area contributed by atoms with Crippen molar-refractivity contribution >= 4 is 21.4 Å². The average molecular weight is 276 g/mol. The van der Waals surface area contributed by atoms with Gasteiger partial charge in [0.05, 0.1) is 5.25 Å². The van der Waals surface area contributed by atoms with Crippen LogP contribution in [-0.4, -0.2) is 36.7 Å². The minimum Gasteiger partial charge on any atom is -0.315 e. The van der Waals surface area contributed by atoms with Gasteiger partial charge in [0.15, 0.2) is 0 Å². The number of rotatable bonds is 2. The third-order valence-electron chi connectivity index (χ3n) is 2.83. The predicted octanol–water partition coefficient (Wildman–Crippen LogP) is 0.964. The first-order valence-electron chi connectivity index (χ1n) is 5.45. The van der Waals surface area contributed by atoms with Crippen LogP contribution in [0.4, 0.5) is 0 Å². The molecule has 2 rings (SSSR count). The predicted molar refractivity (Wildman–Crippen MR) is 64.9 cm³/mol. The van der Waals surface area contributed by atoms with Gasteiger partial charge in [-0.25, -0.2) is 18.4 Å². The molecule has 1 saturated heterocycles. The highest BCUT2D eigenvalue weighted by atomic mass is 35.5. The molecule has 5 nitrogen and oxygen atoms in total. The number of hydrogen-bond acceptors (Lipinski definition) is 5. The van der Waals surface area contributed by atoms with Gasteiger partial charge in [-0.1, -0.05) is 11.6 Å². The monoisotopic (exact) mass is 275 g/mol. The van der Waals surface area contributed by atoms with Gasteiger partial charge < -0.3 is 5.32 Å². The summed E-state index contributed by atoms with van der Waals surface area (Å²) in [5, 5.41) is 2.65. The lowest BCUT2D eigenvalue weighted by Crippen LogP contribution is -2.39. The molecule has 0 aliphatic carbocycles. The lowest BCUT2D eigenvalue weighted by atomic mass is 10.2. The first kappa shape index (κ1) is 12.7. The van der Waals surface area contributed by atoms with Crippen molar-refractivity contribution in [3.05, 3.63) is 16.9 Å². The maximum Gasteiger partial charge on any atom is 0.248 e. The molecule has 0 amide bonds. The summed E-state index contributed by atoms with van der Waals surface area (Å²) in [6.45, 7) is 3.06. The van der Waals surface area contributed by atoms with E-state index >= 15 is 0 Å². The van der Waals surface area contributed by atoms with Gasteiger partial charge in [-0.2, -0.15) is 0 Å². The Labute approximate surface area is 106 Å². The van der Waals surface area contributed by atoms with E-state index in [0.29, 0.717) is 18.5 Å². The van der Waals surface area contributed by atoms with Crippen LogP contribution >= 0.6 is 11.6 Å². The molecule has 0 aromatic carbocycles. The van der Waals surface area contributed by atoms with Gasteiger partial charge in [0.1, 0.15) is 5.15 Å². The van der Waals surface area contributed by atoms with Crippen LogP contribution in [0.2, 0.25) is 5.15 Å². The quantitative estimate of drug-likeness (QED) is 0.643. The summed E-state index contributed by atoms with van der Waals surface area (Å²) in [6, 6.07) is 0. The molecule has 1 aromatic rings. The van der Waals surface area contributed by atoms with Crippen molar-refractivity contribution in [2.45, 2.75) is 30.2 Å². The van der Waals surface area contributed by atoms with Crippen LogP contribution in [0.3, 0.4) is 0 Å². The number of halogens is 1. The van der Waals surface area contributed by atoms with E-state index in [0.717, 1.165) is 13.0 Å². The Hall–Kier alpha value is -0.720. The molecule has 94 valence electrons. The van der Waals surface area contributed by atoms with Gasteiger partial charge in [-0.3, -0.25) is 0 Å². The van der Waals surface area contributed by atoms with Crippen molar-refractivity contribution in [1.82, 2.24) is 15.3 Å². The zero-order valence-electron chi connectivity index (χ0n) is 9.48. The number of aromatic nitrogens is 2. The van der Waals surface area contributed by atoms with E-state index < -0.39 is 15.1 Å². The molecule has 0 radical (unpaired) electrons. The summed E-state index contributed by atoms with van der Waals surface area (Å²) in [6.07, 6.45) is 2.94. The fraction of sp³-hybridized carbons (Fsp3) is 0.600. The van der Waals surface area contributed by atoms with E-state index in [1.54, 1.807) is 6.92 Å². The molecule has 1 atom stereocenters. The number of nitrogens with zero attached hydrogens (tertiary/aromatic N) is 2. The van der Waals surface area contributed by atoms with Gasteiger partial charge >= 0.3 is 0 Å². The highest BCUT2D eigenvalue weighted by molar-refractivity contribution is 7.91. The molecule has 1 unspecified atom stereocenters. The molecule has 0 spiro atoms. The molecule has 1 aromatic heterocycles. The highest BCUT2D eigenvalue weighted by Gasteiger charge is 2.31. The van der Waals surface area contributed by atoms with Crippen LogP contribution in [0.5, 0.6) is 0 Å². The Morgan fingerprint density at radius 3 is 2.88 bits per heavy atom. The molecule has 0 saturated carbocycles. The van der Waals surface area contributed by atoms with Crippen molar-refractivity contribution in [3.8, 4) is 0 Å². The van der Waals surface area contributed by atoms with Gasteiger partial charge in [-0.15, -0.1) is 0 Å². The van der Waals surface area contributed by atoms with E-state index in [2.05, 4.69) is 15.3 Å². The average Bonchev–Trinajstić information content (AvgIpc) is 2.33. The molecule has 0 bridgehead atoms. The van der Waals surface area contributed by atoms with E-state index in [1.807, 2.05) is 0 Å². The summed E-state index contributed by atoms with van der Waals surface area (Å²) >= 11 is 5.83. The molecule has 1 aliphatic rings. The van der Waals surface area contributed by atoms with Crippen molar-refractivity contribution in [2.75, 3.05) is 13.1 Å². The van der Waals surface area contributed by atoms with E-state index in [4.69, 9.17) is 11.6 Å². The summed E-state index contributed by atoms with van der Waals surface area (Å²) < 4.78 is 24.5. The fourth-order valence-corrected chi connectivity index (χ4v) is 3.49. The van der Waals surface area contributed by atoms with Gasteiger partial charge in [0, 0.05) is 18.3 Å². The van der Waals surface area contributed by atoms with E-state index in [9.17, 15) is 8.42 Å². The Balaban J connectivity index is 2.33. The molecular weight excluding hydrogens is 262 g/mol. The summed E-state index contributed by atoms with van der Waals surface area (Å²) in [5.41, 5.74) is 0.674. The second-order valence-corrected chi connectivity index (χ2v) is 6.62. The number of nitrogens with one attached hydrogen (secondary N) is 1. The van der Waals surface area contributed by atoms with Crippen LogP contribution in [0.15, 0.2) is 11.4 Å². The van der Waals surface area contributed by atoms with Crippen molar-refractivity contribution in [3.63, 3.8) is 0 Å². The van der Waals surface area contributed by atoms with Gasteiger partial charge in [0.2, 0.25) is 15.0 Å². The standard InChI is InChI=1S/C10H14ClN3O2S/c1-7-5-13-10(14-9(7)11)17(15,16)8-3-2-4-12-6-8/h5,8,12H,2-4,6H2,1H3. The number of piperidine rings is 1. The van der Waals surface area contributed by atoms with Gasteiger partial charge in [0.25, 0.3) is 0 Å². The maximum absolute atomic E-state index is 12.2. The first-order valence-corrected chi connectivity index (χ1v) is 7.38. The summed E-state index contributed by atoms with van der Waals surface area (Å²) in [7, 11) is -3.47. The number of sulfone groups is 1. The second-order valence-electron chi connectivity index (χ2n) is 4.14. The Kier molecular flexibility index (Phi) is 3.65. The zero-order chi connectivity index (χ0) is 12.5. The molecule has 1 fully saturated rings. The zero-order valence-corrected chi connectivity index (χ0v) is 11.1. The Morgan fingerprint density at radius 1 is 1.53 bits per heavy atom.